The van der Waals surface area contributed by atoms with Gasteiger partial charge in [0.05, 0.1) is 17.2 Å². The van der Waals surface area contributed by atoms with Gasteiger partial charge in [-0.3, -0.25) is 0 Å². The van der Waals surface area contributed by atoms with E-state index in [9.17, 15) is 5.11 Å². The Morgan fingerprint density at radius 1 is 1.47 bits per heavy atom. The van der Waals surface area contributed by atoms with Gasteiger partial charge in [0, 0.05) is 5.56 Å². The molecule has 0 spiro atoms. The average molecular weight is 227 g/mol. The smallest absolute Gasteiger partial charge is 0.143 e. The van der Waals surface area contributed by atoms with Crippen LogP contribution in [0.1, 0.15) is 31.7 Å². The van der Waals surface area contributed by atoms with Gasteiger partial charge in [-0.05, 0) is 32.3 Å². The molecule has 0 atom stereocenters. The van der Waals surface area contributed by atoms with E-state index in [1.165, 1.54) is 0 Å². The standard InChI is InChI=1S/C12H15ClO2/c1-2-15-11-9(5-3-6-10(11)13)12(14)7-4-8-12/h3,5-6,14H,2,4,7-8H2,1H3. The Morgan fingerprint density at radius 2 is 2.20 bits per heavy atom. The van der Waals surface area contributed by atoms with Gasteiger partial charge in [-0.2, -0.15) is 0 Å². The van der Waals surface area contributed by atoms with Crippen molar-refractivity contribution in [2.45, 2.75) is 31.8 Å². The number of benzene rings is 1. The van der Waals surface area contributed by atoms with Crippen molar-refractivity contribution in [2.75, 3.05) is 6.61 Å². The van der Waals surface area contributed by atoms with Gasteiger partial charge in [0.25, 0.3) is 0 Å². The topological polar surface area (TPSA) is 29.5 Å². The molecular formula is C12H15ClO2. The lowest BCUT2D eigenvalue weighted by atomic mass is 9.75. The maximum atomic E-state index is 10.3. The summed E-state index contributed by atoms with van der Waals surface area (Å²) in [6.45, 7) is 2.48. The summed E-state index contributed by atoms with van der Waals surface area (Å²) in [7, 11) is 0. The first-order valence-electron chi connectivity index (χ1n) is 5.31. The van der Waals surface area contributed by atoms with Gasteiger partial charge in [-0.25, -0.2) is 0 Å². The second kappa shape index (κ2) is 4.03. The van der Waals surface area contributed by atoms with Crippen molar-refractivity contribution in [1.29, 1.82) is 0 Å². The summed E-state index contributed by atoms with van der Waals surface area (Å²) >= 11 is 6.06. The third-order valence-electron chi connectivity index (χ3n) is 2.94. The Bertz CT molecular complexity index is 359. The molecule has 2 rings (SSSR count). The summed E-state index contributed by atoms with van der Waals surface area (Å²) in [4.78, 5) is 0. The van der Waals surface area contributed by atoms with E-state index in [1.807, 2.05) is 19.1 Å². The zero-order valence-corrected chi connectivity index (χ0v) is 9.55. The van der Waals surface area contributed by atoms with E-state index in [-0.39, 0.29) is 0 Å². The summed E-state index contributed by atoms with van der Waals surface area (Å²) < 4.78 is 5.50. The Balaban J connectivity index is 2.41. The molecular weight excluding hydrogens is 212 g/mol. The molecule has 1 N–H and O–H groups in total. The van der Waals surface area contributed by atoms with Crippen molar-refractivity contribution in [3.05, 3.63) is 28.8 Å². The van der Waals surface area contributed by atoms with Gasteiger partial charge in [0.1, 0.15) is 5.75 Å². The predicted molar refractivity (Wildman–Crippen MR) is 60.4 cm³/mol. The van der Waals surface area contributed by atoms with E-state index < -0.39 is 5.60 Å². The fourth-order valence-electron chi connectivity index (χ4n) is 1.95. The lowest BCUT2D eigenvalue weighted by Crippen LogP contribution is -2.34. The molecule has 0 amide bonds. The number of aliphatic hydroxyl groups is 1. The normalized spacial score (nSPS) is 18.3. The van der Waals surface area contributed by atoms with E-state index in [0.717, 1.165) is 24.8 Å². The Kier molecular flexibility index (Phi) is 2.89. The molecule has 82 valence electrons. The van der Waals surface area contributed by atoms with Crippen molar-refractivity contribution in [1.82, 2.24) is 0 Å². The van der Waals surface area contributed by atoms with Gasteiger partial charge in [0.2, 0.25) is 0 Å². The van der Waals surface area contributed by atoms with Crippen molar-refractivity contribution in [3.63, 3.8) is 0 Å². The largest absolute Gasteiger partial charge is 0.492 e. The van der Waals surface area contributed by atoms with Crippen molar-refractivity contribution >= 4 is 11.6 Å². The van der Waals surface area contributed by atoms with Crippen LogP contribution in [0.5, 0.6) is 5.75 Å². The van der Waals surface area contributed by atoms with Gasteiger partial charge in [-0.15, -0.1) is 0 Å². The number of para-hydroxylation sites is 1. The second-order valence-corrected chi connectivity index (χ2v) is 4.34. The molecule has 15 heavy (non-hydrogen) atoms. The molecule has 0 aromatic heterocycles. The van der Waals surface area contributed by atoms with Crippen molar-refractivity contribution in [2.24, 2.45) is 0 Å². The van der Waals surface area contributed by atoms with E-state index in [0.29, 0.717) is 17.4 Å². The molecule has 1 aliphatic rings. The first-order valence-corrected chi connectivity index (χ1v) is 5.69. The third kappa shape index (κ3) is 1.84. The van der Waals surface area contributed by atoms with E-state index in [1.54, 1.807) is 6.07 Å². The summed E-state index contributed by atoms with van der Waals surface area (Å²) in [5.74, 6) is 0.642. The molecule has 1 fully saturated rings. The van der Waals surface area contributed by atoms with Gasteiger partial charge in [-0.1, -0.05) is 23.7 Å². The van der Waals surface area contributed by atoms with Crippen LogP contribution >= 0.6 is 11.6 Å². The van der Waals surface area contributed by atoms with Crippen LogP contribution in [0.3, 0.4) is 0 Å². The van der Waals surface area contributed by atoms with Crippen LogP contribution < -0.4 is 4.74 Å². The highest BCUT2D eigenvalue weighted by atomic mass is 35.5. The summed E-state index contributed by atoms with van der Waals surface area (Å²) in [5, 5.41) is 10.9. The van der Waals surface area contributed by atoms with Gasteiger partial charge < -0.3 is 9.84 Å². The number of hydrogen-bond donors (Lipinski definition) is 1. The Labute approximate surface area is 94.8 Å². The van der Waals surface area contributed by atoms with Crippen LogP contribution in [0.4, 0.5) is 0 Å². The zero-order chi connectivity index (χ0) is 10.9. The molecule has 1 aromatic rings. The van der Waals surface area contributed by atoms with Crippen LogP contribution in [-0.2, 0) is 5.60 Å². The first kappa shape index (κ1) is 10.8. The number of halogens is 1. The van der Waals surface area contributed by atoms with Crippen molar-refractivity contribution < 1.29 is 9.84 Å². The lowest BCUT2D eigenvalue weighted by Gasteiger charge is -2.38. The molecule has 1 aliphatic carbocycles. The maximum absolute atomic E-state index is 10.3. The van der Waals surface area contributed by atoms with E-state index in [2.05, 4.69) is 0 Å². The second-order valence-electron chi connectivity index (χ2n) is 3.93. The molecule has 0 heterocycles. The van der Waals surface area contributed by atoms with Gasteiger partial charge in [0.15, 0.2) is 0 Å². The fourth-order valence-corrected chi connectivity index (χ4v) is 2.18. The lowest BCUT2D eigenvalue weighted by molar-refractivity contribution is -0.0407. The average Bonchev–Trinajstić information content (AvgIpc) is 2.18. The minimum atomic E-state index is -0.713. The summed E-state index contributed by atoms with van der Waals surface area (Å²) in [5.41, 5.74) is 0.123. The number of rotatable bonds is 3. The van der Waals surface area contributed by atoms with Gasteiger partial charge >= 0.3 is 0 Å². The molecule has 0 saturated heterocycles. The monoisotopic (exact) mass is 226 g/mol. The molecule has 1 saturated carbocycles. The zero-order valence-electron chi connectivity index (χ0n) is 8.79. The van der Waals surface area contributed by atoms with Crippen LogP contribution in [0.2, 0.25) is 5.02 Å². The first-order chi connectivity index (χ1) is 7.17. The fraction of sp³-hybridized carbons (Fsp3) is 0.500. The SMILES string of the molecule is CCOc1c(Cl)cccc1C1(O)CCC1. The molecule has 0 aliphatic heterocycles. The van der Waals surface area contributed by atoms with Crippen LogP contribution in [0.15, 0.2) is 18.2 Å². The third-order valence-corrected chi connectivity index (χ3v) is 3.24. The highest BCUT2D eigenvalue weighted by Crippen LogP contribution is 2.46. The number of hydrogen-bond acceptors (Lipinski definition) is 2. The predicted octanol–water partition coefficient (Wildman–Crippen LogP) is 3.11. The Morgan fingerprint density at radius 3 is 2.73 bits per heavy atom. The van der Waals surface area contributed by atoms with Crippen molar-refractivity contribution in [3.8, 4) is 5.75 Å². The number of ether oxygens (including phenoxy) is 1. The maximum Gasteiger partial charge on any atom is 0.143 e. The highest BCUT2D eigenvalue weighted by molar-refractivity contribution is 6.32. The molecule has 2 nitrogen and oxygen atoms in total. The minimum Gasteiger partial charge on any atom is -0.492 e. The quantitative estimate of drug-likeness (QED) is 0.858. The molecule has 0 unspecified atom stereocenters. The molecule has 0 radical (unpaired) electrons. The van der Waals surface area contributed by atoms with E-state index >= 15 is 0 Å². The van der Waals surface area contributed by atoms with Crippen LogP contribution in [0.25, 0.3) is 0 Å². The van der Waals surface area contributed by atoms with E-state index in [4.69, 9.17) is 16.3 Å². The summed E-state index contributed by atoms with van der Waals surface area (Å²) in [6, 6.07) is 5.55. The Hall–Kier alpha value is -0.730. The molecule has 0 bridgehead atoms. The van der Waals surface area contributed by atoms with Crippen LogP contribution in [0, 0.1) is 0 Å². The van der Waals surface area contributed by atoms with Crippen LogP contribution in [-0.4, -0.2) is 11.7 Å². The minimum absolute atomic E-state index is 0.562. The highest BCUT2D eigenvalue weighted by Gasteiger charge is 2.39. The molecule has 1 aromatic carbocycles. The molecule has 3 heteroatoms. The summed E-state index contributed by atoms with van der Waals surface area (Å²) in [6.07, 6.45) is 2.66.